The molecule has 0 saturated heterocycles. The van der Waals surface area contributed by atoms with Gasteiger partial charge in [-0.2, -0.15) is 0 Å². The van der Waals surface area contributed by atoms with Gasteiger partial charge in [-0.3, -0.25) is 9.59 Å². The van der Waals surface area contributed by atoms with Crippen LogP contribution in [-0.4, -0.2) is 41.9 Å². The standard InChI is InChI=1S/C18H26N4O3/c1-5-11(2)15-17(24)21-14-9-7-6-8-13(14)10-22(15)18(25)20-12(3)16(23)19-4/h6-9,11-12,15H,5,10H2,1-4H3,(H,19,23)(H,20,25)(H,21,24). The Morgan fingerprint density at radius 1 is 1.32 bits per heavy atom. The molecule has 1 aliphatic rings. The van der Waals surface area contributed by atoms with Crippen molar-refractivity contribution in [2.45, 2.75) is 45.8 Å². The first-order valence-electron chi connectivity index (χ1n) is 8.56. The van der Waals surface area contributed by atoms with Crippen molar-refractivity contribution in [2.24, 2.45) is 5.92 Å². The number of urea groups is 1. The predicted molar refractivity (Wildman–Crippen MR) is 95.9 cm³/mol. The van der Waals surface area contributed by atoms with Crippen LogP contribution < -0.4 is 16.0 Å². The number of hydrogen-bond donors (Lipinski definition) is 3. The van der Waals surface area contributed by atoms with Crippen molar-refractivity contribution in [3.8, 4) is 0 Å². The van der Waals surface area contributed by atoms with Crippen molar-refractivity contribution < 1.29 is 14.4 Å². The van der Waals surface area contributed by atoms with Gasteiger partial charge in [-0.05, 0) is 24.5 Å². The molecule has 1 aliphatic heterocycles. The van der Waals surface area contributed by atoms with Gasteiger partial charge in [0.1, 0.15) is 12.1 Å². The number of nitrogens with zero attached hydrogens (tertiary/aromatic N) is 1. The summed E-state index contributed by atoms with van der Waals surface area (Å²) in [5.74, 6) is -0.509. The second kappa shape index (κ2) is 8.00. The van der Waals surface area contributed by atoms with E-state index in [1.807, 2.05) is 38.1 Å². The van der Waals surface area contributed by atoms with Crippen LogP contribution in [0.2, 0.25) is 0 Å². The summed E-state index contributed by atoms with van der Waals surface area (Å²) in [5, 5.41) is 8.11. The molecule has 1 aromatic carbocycles. The highest BCUT2D eigenvalue weighted by Gasteiger charge is 2.37. The maximum Gasteiger partial charge on any atom is 0.319 e. The Labute approximate surface area is 148 Å². The first kappa shape index (κ1) is 18.8. The summed E-state index contributed by atoms with van der Waals surface area (Å²) < 4.78 is 0. The van der Waals surface area contributed by atoms with Crippen LogP contribution in [0.25, 0.3) is 0 Å². The number of hydrogen-bond acceptors (Lipinski definition) is 3. The van der Waals surface area contributed by atoms with Crippen molar-refractivity contribution in [3.05, 3.63) is 29.8 Å². The molecule has 0 saturated carbocycles. The van der Waals surface area contributed by atoms with Gasteiger partial charge < -0.3 is 20.9 Å². The van der Waals surface area contributed by atoms with E-state index in [0.29, 0.717) is 6.54 Å². The van der Waals surface area contributed by atoms with E-state index in [2.05, 4.69) is 16.0 Å². The van der Waals surface area contributed by atoms with Gasteiger partial charge in [0.25, 0.3) is 0 Å². The smallest absolute Gasteiger partial charge is 0.319 e. The number of likely N-dealkylation sites (N-methyl/N-ethyl adjacent to an activating group) is 1. The minimum atomic E-state index is -0.684. The van der Waals surface area contributed by atoms with Gasteiger partial charge >= 0.3 is 6.03 Å². The van der Waals surface area contributed by atoms with Crippen molar-refractivity contribution in [3.63, 3.8) is 0 Å². The summed E-state index contributed by atoms with van der Waals surface area (Å²) in [4.78, 5) is 38.8. The quantitative estimate of drug-likeness (QED) is 0.775. The first-order chi connectivity index (χ1) is 11.9. The van der Waals surface area contributed by atoms with Crippen LogP contribution >= 0.6 is 0 Å². The molecular weight excluding hydrogens is 320 g/mol. The molecule has 0 fully saturated rings. The lowest BCUT2D eigenvalue weighted by atomic mass is 9.97. The number of nitrogens with one attached hydrogen (secondary N) is 3. The molecular formula is C18H26N4O3. The van der Waals surface area contributed by atoms with E-state index in [0.717, 1.165) is 17.7 Å². The molecule has 3 N–H and O–H groups in total. The number of carbonyl (C=O) groups excluding carboxylic acids is 3. The number of para-hydroxylation sites is 1. The second-order valence-corrected chi connectivity index (χ2v) is 6.39. The maximum absolute atomic E-state index is 12.8. The lowest BCUT2D eigenvalue weighted by Gasteiger charge is -2.33. The predicted octanol–water partition coefficient (Wildman–Crippen LogP) is 1.70. The highest BCUT2D eigenvalue weighted by molar-refractivity contribution is 5.99. The monoisotopic (exact) mass is 346 g/mol. The third kappa shape index (κ3) is 4.10. The zero-order chi connectivity index (χ0) is 18.6. The number of fused-ring (bicyclic) bond motifs is 1. The number of amides is 4. The van der Waals surface area contributed by atoms with E-state index in [4.69, 9.17) is 0 Å². The van der Waals surface area contributed by atoms with Gasteiger partial charge in [-0.15, -0.1) is 0 Å². The van der Waals surface area contributed by atoms with Crippen LogP contribution in [0.3, 0.4) is 0 Å². The molecule has 3 unspecified atom stereocenters. The lowest BCUT2D eigenvalue weighted by molar-refractivity contribution is -0.122. The largest absolute Gasteiger partial charge is 0.357 e. The minimum absolute atomic E-state index is 0.0182. The van der Waals surface area contributed by atoms with Crippen molar-refractivity contribution in [1.29, 1.82) is 0 Å². The fourth-order valence-corrected chi connectivity index (χ4v) is 2.95. The van der Waals surface area contributed by atoms with Crippen LogP contribution in [0.1, 0.15) is 32.8 Å². The van der Waals surface area contributed by atoms with E-state index >= 15 is 0 Å². The zero-order valence-corrected chi connectivity index (χ0v) is 15.1. The number of anilines is 1. The van der Waals surface area contributed by atoms with Gasteiger partial charge in [-0.1, -0.05) is 38.5 Å². The van der Waals surface area contributed by atoms with Crippen LogP contribution in [0.15, 0.2) is 24.3 Å². The summed E-state index contributed by atoms with van der Waals surface area (Å²) in [7, 11) is 1.52. The molecule has 4 amide bonds. The topological polar surface area (TPSA) is 90.5 Å². The molecule has 1 aromatic rings. The molecule has 7 heteroatoms. The number of rotatable bonds is 4. The van der Waals surface area contributed by atoms with Gasteiger partial charge in [0.2, 0.25) is 11.8 Å². The maximum atomic E-state index is 12.8. The Balaban J connectivity index is 2.33. The molecule has 25 heavy (non-hydrogen) atoms. The number of carbonyl (C=O) groups is 3. The Hall–Kier alpha value is -2.57. The SMILES string of the molecule is CCC(C)C1C(=O)Nc2ccccc2CN1C(=O)NC(C)C(=O)NC. The average molecular weight is 346 g/mol. The fraction of sp³-hybridized carbons (Fsp3) is 0.500. The summed E-state index contributed by atoms with van der Waals surface area (Å²) in [6, 6.07) is 5.73. The van der Waals surface area contributed by atoms with Gasteiger partial charge in [0.05, 0.1) is 6.54 Å². The van der Waals surface area contributed by atoms with E-state index < -0.39 is 18.1 Å². The highest BCUT2D eigenvalue weighted by Crippen LogP contribution is 2.27. The fourth-order valence-electron chi connectivity index (χ4n) is 2.95. The van der Waals surface area contributed by atoms with Crippen molar-refractivity contribution >= 4 is 23.5 Å². The van der Waals surface area contributed by atoms with E-state index in [-0.39, 0.29) is 17.7 Å². The van der Waals surface area contributed by atoms with E-state index in [9.17, 15) is 14.4 Å². The minimum Gasteiger partial charge on any atom is -0.357 e. The lowest BCUT2D eigenvalue weighted by Crippen LogP contribution is -2.55. The van der Waals surface area contributed by atoms with Crippen molar-refractivity contribution in [2.75, 3.05) is 12.4 Å². The molecule has 0 radical (unpaired) electrons. The normalized spacial score (nSPS) is 19.1. The molecule has 1 heterocycles. The Bertz CT molecular complexity index is 661. The van der Waals surface area contributed by atoms with Crippen LogP contribution in [-0.2, 0) is 16.1 Å². The third-order valence-electron chi connectivity index (χ3n) is 4.64. The van der Waals surface area contributed by atoms with Crippen LogP contribution in [0.5, 0.6) is 0 Å². The summed E-state index contributed by atoms with van der Waals surface area (Å²) in [6.45, 7) is 5.85. The van der Waals surface area contributed by atoms with Gasteiger partial charge in [-0.25, -0.2) is 4.79 Å². The Morgan fingerprint density at radius 3 is 2.64 bits per heavy atom. The van der Waals surface area contributed by atoms with Gasteiger partial charge in [0.15, 0.2) is 0 Å². The zero-order valence-electron chi connectivity index (χ0n) is 15.1. The van der Waals surface area contributed by atoms with Crippen molar-refractivity contribution in [1.82, 2.24) is 15.5 Å². The molecule has 3 atom stereocenters. The van der Waals surface area contributed by atoms with Crippen LogP contribution in [0, 0.1) is 5.92 Å². The molecule has 0 aliphatic carbocycles. The number of benzene rings is 1. The first-order valence-corrected chi connectivity index (χ1v) is 8.56. The summed E-state index contributed by atoms with van der Waals surface area (Å²) >= 11 is 0. The average Bonchev–Trinajstić information content (AvgIpc) is 2.75. The Kier molecular flexibility index (Phi) is 6.01. The molecule has 2 rings (SSSR count). The third-order valence-corrected chi connectivity index (χ3v) is 4.64. The molecule has 0 bridgehead atoms. The molecule has 0 aromatic heterocycles. The highest BCUT2D eigenvalue weighted by atomic mass is 16.2. The van der Waals surface area contributed by atoms with Crippen LogP contribution in [0.4, 0.5) is 10.5 Å². The summed E-state index contributed by atoms with van der Waals surface area (Å²) in [6.07, 6.45) is 0.753. The molecule has 7 nitrogen and oxygen atoms in total. The summed E-state index contributed by atoms with van der Waals surface area (Å²) in [5.41, 5.74) is 1.58. The molecule has 136 valence electrons. The van der Waals surface area contributed by atoms with E-state index in [1.54, 1.807) is 6.92 Å². The molecule has 0 spiro atoms. The van der Waals surface area contributed by atoms with E-state index in [1.165, 1.54) is 11.9 Å². The Morgan fingerprint density at radius 2 is 2.00 bits per heavy atom. The van der Waals surface area contributed by atoms with Gasteiger partial charge in [0, 0.05) is 12.7 Å². The second-order valence-electron chi connectivity index (χ2n) is 6.39.